The van der Waals surface area contributed by atoms with Crippen LogP contribution in [0.5, 0.6) is 0 Å². The van der Waals surface area contributed by atoms with E-state index < -0.39 is 0 Å². The lowest BCUT2D eigenvalue weighted by molar-refractivity contribution is 0.887. The summed E-state index contributed by atoms with van der Waals surface area (Å²) in [6.07, 6.45) is 6.81. The number of pyridine rings is 1. The van der Waals surface area contributed by atoms with Crippen molar-refractivity contribution < 1.29 is 0 Å². The summed E-state index contributed by atoms with van der Waals surface area (Å²) in [4.78, 5) is 14.3. The molecule has 0 saturated carbocycles. The van der Waals surface area contributed by atoms with E-state index >= 15 is 0 Å². The van der Waals surface area contributed by atoms with Gasteiger partial charge in [-0.25, -0.2) is 10.8 Å². The third-order valence-electron chi connectivity index (χ3n) is 2.33. The number of hydrazine groups is 1. The Morgan fingerprint density at radius 1 is 1.24 bits per heavy atom. The molecule has 0 aromatic carbocycles. The van der Waals surface area contributed by atoms with Gasteiger partial charge in [0.25, 0.3) is 0 Å². The van der Waals surface area contributed by atoms with Crippen LogP contribution in [0, 0.1) is 0 Å². The third kappa shape index (κ3) is 2.88. The summed E-state index contributed by atoms with van der Waals surface area (Å²) >= 11 is 0. The van der Waals surface area contributed by atoms with Crippen LogP contribution in [0.25, 0.3) is 0 Å². The van der Waals surface area contributed by atoms with Gasteiger partial charge in [-0.05, 0) is 17.7 Å². The maximum absolute atomic E-state index is 5.29. The van der Waals surface area contributed by atoms with Crippen LogP contribution in [0.4, 0.5) is 11.6 Å². The van der Waals surface area contributed by atoms with Crippen molar-refractivity contribution >= 4 is 11.6 Å². The number of hydrogen-bond donors (Lipinski definition) is 2. The lowest BCUT2D eigenvalue weighted by Gasteiger charge is -2.18. The van der Waals surface area contributed by atoms with Crippen molar-refractivity contribution in [3.05, 3.63) is 42.5 Å². The number of anilines is 2. The molecule has 2 rings (SSSR count). The molecule has 0 aliphatic rings. The molecule has 6 nitrogen and oxygen atoms in total. The Kier molecular flexibility index (Phi) is 3.46. The second-order valence-corrected chi connectivity index (χ2v) is 3.62. The molecule has 0 fully saturated rings. The van der Waals surface area contributed by atoms with Gasteiger partial charge < -0.3 is 10.3 Å². The van der Waals surface area contributed by atoms with Crippen molar-refractivity contribution in [1.29, 1.82) is 0 Å². The standard InChI is InChI=1S/C11H14N6/c1-17(8-9-2-4-13-5-3-9)11-7-14-6-10(15-11)16-12/h2-7H,8,12H2,1H3,(H,15,16). The molecule has 3 N–H and O–H groups in total. The molecular formula is C11H14N6. The zero-order valence-corrected chi connectivity index (χ0v) is 9.54. The van der Waals surface area contributed by atoms with Crippen molar-refractivity contribution in [2.45, 2.75) is 6.54 Å². The van der Waals surface area contributed by atoms with Crippen LogP contribution in [-0.2, 0) is 6.54 Å². The van der Waals surface area contributed by atoms with Crippen molar-refractivity contribution in [3.63, 3.8) is 0 Å². The quantitative estimate of drug-likeness (QED) is 0.597. The Hall–Kier alpha value is -2.21. The Balaban J connectivity index is 2.11. The molecule has 0 radical (unpaired) electrons. The first-order valence-electron chi connectivity index (χ1n) is 5.18. The van der Waals surface area contributed by atoms with E-state index in [9.17, 15) is 0 Å². The van der Waals surface area contributed by atoms with Crippen LogP contribution in [-0.4, -0.2) is 22.0 Å². The summed E-state index contributed by atoms with van der Waals surface area (Å²) < 4.78 is 0. The maximum atomic E-state index is 5.29. The molecule has 2 heterocycles. The molecule has 88 valence electrons. The molecular weight excluding hydrogens is 216 g/mol. The number of nitrogens with two attached hydrogens (primary N) is 1. The lowest BCUT2D eigenvalue weighted by Crippen LogP contribution is -2.19. The highest BCUT2D eigenvalue weighted by Gasteiger charge is 2.04. The largest absolute Gasteiger partial charge is 0.354 e. The second-order valence-electron chi connectivity index (χ2n) is 3.62. The van der Waals surface area contributed by atoms with Crippen LogP contribution in [0.1, 0.15) is 5.56 Å². The Labute approximate surface area is 99.5 Å². The first-order chi connectivity index (χ1) is 8.29. The van der Waals surface area contributed by atoms with E-state index in [0.717, 1.165) is 17.9 Å². The molecule has 0 spiro atoms. The van der Waals surface area contributed by atoms with Crippen molar-refractivity contribution in [1.82, 2.24) is 15.0 Å². The number of rotatable bonds is 4. The molecule has 0 atom stereocenters. The molecule has 6 heteroatoms. The minimum atomic E-state index is 0.545. The van der Waals surface area contributed by atoms with Gasteiger partial charge in [0, 0.05) is 26.0 Å². The molecule has 0 saturated heterocycles. The Morgan fingerprint density at radius 2 is 2.00 bits per heavy atom. The second kappa shape index (κ2) is 5.22. The molecule has 17 heavy (non-hydrogen) atoms. The molecule has 2 aromatic heterocycles. The highest BCUT2D eigenvalue weighted by atomic mass is 15.3. The SMILES string of the molecule is CN(Cc1ccncc1)c1cncc(NN)n1. The van der Waals surface area contributed by atoms with E-state index in [1.165, 1.54) is 0 Å². The summed E-state index contributed by atoms with van der Waals surface area (Å²) in [5.41, 5.74) is 3.64. The van der Waals surface area contributed by atoms with Gasteiger partial charge in [-0.3, -0.25) is 9.97 Å². The molecule has 0 aliphatic heterocycles. The van der Waals surface area contributed by atoms with Crippen LogP contribution in [0.15, 0.2) is 36.9 Å². The van der Waals surface area contributed by atoms with Crippen molar-refractivity contribution in [2.24, 2.45) is 5.84 Å². The highest BCUT2D eigenvalue weighted by Crippen LogP contribution is 2.12. The number of aromatic nitrogens is 3. The summed E-state index contributed by atoms with van der Waals surface area (Å²) in [6.45, 7) is 0.741. The van der Waals surface area contributed by atoms with Crippen molar-refractivity contribution in [2.75, 3.05) is 17.4 Å². The predicted octanol–water partition coefficient (Wildman–Crippen LogP) is 0.794. The monoisotopic (exact) mass is 230 g/mol. The maximum Gasteiger partial charge on any atom is 0.160 e. The lowest BCUT2D eigenvalue weighted by atomic mass is 10.2. The topological polar surface area (TPSA) is 80.0 Å². The van der Waals surface area contributed by atoms with Crippen LogP contribution in [0.3, 0.4) is 0 Å². The predicted molar refractivity (Wildman–Crippen MR) is 66.2 cm³/mol. The Morgan fingerprint density at radius 3 is 2.71 bits per heavy atom. The highest BCUT2D eigenvalue weighted by molar-refractivity contribution is 5.42. The van der Waals surface area contributed by atoms with E-state index in [0.29, 0.717) is 5.82 Å². The molecule has 0 aliphatic carbocycles. The number of hydrogen-bond acceptors (Lipinski definition) is 6. The van der Waals surface area contributed by atoms with E-state index in [4.69, 9.17) is 5.84 Å². The molecule has 0 bridgehead atoms. The first kappa shape index (κ1) is 11.3. The minimum absolute atomic E-state index is 0.545. The summed E-state index contributed by atoms with van der Waals surface area (Å²) in [7, 11) is 1.95. The van der Waals surface area contributed by atoms with Crippen LogP contribution in [0.2, 0.25) is 0 Å². The van der Waals surface area contributed by atoms with Gasteiger partial charge in [0.2, 0.25) is 0 Å². The average molecular weight is 230 g/mol. The van der Waals surface area contributed by atoms with Gasteiger partial charge in [-0.2, -0.15) is 0 Å². The zero-order valence-electron chi connectivity index (χ0n) is 9.54. The first-order valence-corrected chi connectivity index (χ1v) is 5.18. The third-order valence-corrected chi connectivity index (χ3v) is 2.33. The fraction of sp³-hybridized carbons (Fsp3) is 0.182. The fourth-order valence-electron chi connectivity index (χ4n) is 1.45. The normalized spacial score (nSPS) is 10.0. The Bertz CT molecular complexity index is 472. The molecule has 2 aromatic rings. The van der Waals surface area contributed by atoms with Gasteiger partial charge in [-0.15, -0.1) is 0 Å². The van der Waals surface area contributed by atoms with Crippen LogP contribution >= 0.6 is 0 Å². The van der Waals surface area contributed by atoms with E-state index in [-0.39, 0.29) is 0 Å². The fourth-order valence-corrected chi connectivity index (χ4v) is 1.45. The van der Waals surface area contributed by atoms with Gasteiger partial charge in [-0.1, -0.05) is 0 Å². The van der Waals surface area contributed by atoms with Crippen molar-refractivity contribution in [3.8, 4) is 0 Å². The summed E-state index contributed by atoms with van der Waals surface area (Å²) in [6, 6.07) is 3.93. The van der Waals surface area contributed by atoms with E-state index in [1.807, 2.05) is 24.1 Å². The van der Waals surface area contributed by atoms with Gasteiger partial charge in [0.1, 0.15) is 5.82 Å². The molecule has 0 unspecified atom stereocenters. The van der Waals surface area contributed by atoms with Gasteiger partial charge >= 0.3 is 0 Å². The van der Waals surface area contributed by atoms with E-state index in [2.05, 4.69) is 20.4 Å². The smallest absolute Gasteiger partial charge is 0.160 e. The summed E-state index contributed by atoms with van der Waals surface area (Å²) in [5, 5.41) is 0. The minimum Gasteiger partial charge on any atom is -0.354 e. The number of nitrogens with zero attached hydrogens (tertiary/aromatic N) is 4. The van der Waals surface area contributed by atoms with E-state index in [1.54, 1.807) is 24.8 Å². The number of nitrogen functional groups attached to an aromatic ring is 1. The van der Waals surface area contributed by atoms with Gasteiger partial charge in [0.15, 0.2) is 5.82 Å². The molecule has 0 amide bonds. The number of nitrogens with one attached hydrogen (secondary N) is 1. The van der Waals surface area contributed by atoms with Gasteiger partial charge in [0.05, 0.1) is 12.4 Å². The van der Waals surface area contributed by atoms with Crippen LogP contribution < -0.4 is 16.2 Å². The average Bonchev–Trinajstić information content (AvgIpc) is 2.40. The zero-order chi connectivity index (χ0) is 12.1. The summed E-state index contributed by atoms with van der Waals surface area (Å²) in [5.74, 6) is 6.60.